The molecule has 0 rings (SSSR count). The van der Waals surface area contributed by atoms with Gasteiger partial charge in [-0.05, 0) is 0 Å². The SMILES string of the molecule is NS(=O)(=O)C(F)C(F)F.[LiH]. The van der Waals surface area contributed by atoms with Crippen LogP contribution in [0.1, 0.15) is 0 Å². The summed E-state index contributed by atoms with van der Waals surface area (Å²) in [4.78, 5) is 0. The van der Waals surface area contributed by atoms with E-state index in [1.165, 1.54) is 0 Å². The number of sulfonamides is 1. The number of halogens is 3. The molecule has 0 radical (unpaired) electrons. The Balaban J connectivity index is 0. The van der Waals surface area contributed by atoms with Gasteiger partial charge in [0.05, 0.1) is 0 Å². The first-order valence-corrected chi connectivity index (χ1v) is 3.40. The van der Waals surface area contributed by atoms with Crippen LogP contribution < -0.4 is 5.14 Å². The van der Waals surface area contributed by atoms with Crippen LogP contribution in [-0.2, 0) is 10.0 Å². The Morgan fingerprint density at radius 1 is 1.20 bits per heavy atom. The van der Waals surface area contributed by atoms with Gasteiger partial charge in [-0.15, -0.1) is 0 Å². The molecule has 0 aromatic heterocycles. The Hall–Kier alpha value is 0.297. The maximum atomic E-state index is 11.6. The van der Waals surface area contributed by atoms with E-state index in [2.05, 4.69) is 5.14 Å². The van der Waals surface area contributed by atoms with Crippen molar-refractivity contribution in [3.05, 3.63) is 0 Å². The second-order valence-electron chi connectivity index (χ2n) is 1.27. The average Bonchev–Trinajstić information content (AvgIpc) is 1.62. The standard InChI is InChI=1S/C2H4F3NO2S.Li.H/c3-1(4)2(5)9(6,7)8;;/h1-2H,(H2,6,7,8);;. The van der Waals surface area contributed by atoms with Gasteiger partial charge in [-0.2, -0.15) is 0 Å². The quantitative estimate of drug-likeness (QED) is 0.552. The third kappa shape index (κ3) is 4.17. The van der Waals surface area contributed by atoms with Gasteiger partial charge in [0.1, 0.15) is 0 Å². The van der Waals surface area contributed by atoms with Crippen LogP contribution in [0.25, 0.3) is 0 Å². The van der Waals surface area contributed by atoms with Gasteiger partial charge < -0.3 is 0 Å². The van der Waals surface area contributed by atoms with Crippen LogP contribution in [0.15, 0.2) is 0 Å². The zero-order valence-corrected chi connectivity index (χ0v) is 4.91. The summed E-state index contributed by atoms with van der Waals surface area (Å²) in [6.07, 6.45) is -3.57. The maximum absolute atomic E-state index is 11.6. The molecule has 3 nitrogen and oxygen atoms in total. The molecule has 0 aromatic carbocycles. The fourth-order valence-corrected chi connectivity index (χ4v) is 0.430. The van der Waals surface area contributed by atoms with E-state index in [1.807, 2.05) is 0 Å². The van der Waals surface area contributed by atoms with Crippen LogP contribution in [0.3, 0.4) is 0 Å². The van der Waals surface area contributed by atoms with Gasteiger partial charge in [-0.1, -0.05) is 0 Å². The van der Waals surface area contributed by atoms with Gasteiger partial charge in [0.15, 0.2) is 0 Å². The van der Waals surface area contributed by atoms with Crippen LogP contribution in [0.4, 0.5) is 13.2 Å². The molecule has 0 saturated carbocycles. The molecule has 0 aliphatic heterocycles. The Labute approximate surface area is 68.0 Å². The minimum absolute atomic E-state index is 0. The zero-order chi connectivity index (χ0) is 7.65. The molecule has 10 heavy (non-hydrogen) atoms. The van der Waals surface area contributed by atoms with Crippen LogP contribution in [0, 0.1) is 0 Å². The topological polar surface area (TPSA) is 60.2 Å². The van der Waals surface area contributed by atoms with Crippen molar-refractivity contribution in [2.45, 2.75) is 11.9 Å². The third-order valence-corrected chi connectivity index (χ3v) is 1.35. The van der Waals surface area contributed by atoms with E-state index < -0.39 is 22.0 Å². The number of hydrogen-bond acceptors (Lipinski definition) is 2. The molecule has 0 saturated heterocycles. The second-order valence-corrected chi connectivity index (χ2v) is 2.90. The molecule has 0 spiro atoms. The molecule has 1 unspecified atom stereocenters. The molecule has 0 aliphatic rings. The van der Waals surface area contributed by atoms with E-state index in [1.54, 1.807) is 0 Å². The van der Waals surface area contributed by atoms with E-state index in [-0.39, 0.29) is 18.9 Å². The van der Waals surface area contributed by atoms with Gasteiger partial charge in [-0.25, -0.2) is 26.7 Å². The Morgan fingerprint density at radius 2 is 1.50 bits per heavy atom. The summed E-state index contributed by atoms with van der Waals surface area (Å²) in [6, 6.07) is 0. The summed E-state index contributed by atoms with van der Waals surface area (Å²) in [5.41, 5.74) is -3.27. The van der Waals surface area contributed by atoms with Crippen molar-refractivity contribution in [3.8, 4) is 0 Å². The molecule has 8 heteroatoms. The van der Waals surface area contributed by atoms with Gasteiger partial charge in [0.25, 0.3) is 11.9 Å². The van der Waals surface area contributed by atoms with Crippen molar-refractivity contribution in [2.24, 2.45) is 5.14 Å². The van der Waals surface area contributed by atoms with Crippen molar-refractivity contribution < 1.29 is 21.6 Å². The van der Waals surface area contributed by atoms with Gasteiger partial charge in [0.2, 0.25) is 10.0 Å². The van der Waals surface area contributed by atoms with Gasteiger partial charge in [-0.3, -0.25) is 0 Å². The van der Waals surface area contributed by atoms with E-state index >= 15 is 0 Å². The normalized spacial score (nSPS) is 14.5. The first-order valence-electron chi connectivity index (χ1n) is 1.79. The molecule has 2 N–H and O–H groups in total. The Morgan fingerprint density at radius 3 is 1.50 bits per heavy atom. The van der Waals surface area contributed by atoms with Crippen LogP contribution >= 0.6 is 0 Å². The Bertz CT molecular complexity index is 181. The van der Waals surface area contributed by atoms with Gasteiger partial charge >= 0.3 is 18.9 Å². The van der Waals surface area contributed by atoms with Crippen LogP contribution in [0.2, 0.25) is 0 Å². The summed E-state index contributed by atoms with van der Waals surface area (Å²) < 4.78 is 53.1. The molecule has 0 amide bonds. The molecule has 0 heterocycles. The molecule has 58 valence electrons. The second kappa shape index (κ2) is 4.23. The number of hydrogen-bond donors (Lipinski definition) is 1. The summed E-state index contributed by atoms with van der Waals surface area (Å²) in [5, 5.41) is 4.00. The van der Waals surface area contributed by atoms with E-state index in [9.17, 15) is 21.6 Å². The Kier molecular flexibility index (Phi) is 5.47. The molecule has 1 atom stereocenters. The van der Waals surface area contributed by atoms with E-state index in [0.29, 0.717) is 0 Å². The van der Waals surface area contributed by atoms with Crippen molar-refractivity contribution in [2.75, 3.05) is 0 Å². The predicted molar refractivity (Wildman–Crippen MR) is 31.2 cm³/mol. The zero-order valence-electron chi connectivity index (χ0n) is 4.09. The molecule has 0 fully saturated rings. The first kappa shape index (κ1) is 12.9. The predicted octanol–water partition coefficient (Wildman–Crippen LogP) is -0.813. The van der Waals surface area contributed by atoms with Crippen LogP contribution in [-0.4, -0.2) is 39.2 Å². The summed E-state index contributed by atoms with van der Waals surface area (Å²) in [7, 11) is -4.72. The summed E-state index contributed by atoms with van der Waals surface area (Å²) in [5.74, 6) is 0. The first-order chi connectivity index (χ1) is 3.85. The number of rotatable bonds is 2. The third-order valence-electron chi connectivity index (χ3n) is 0.512. The van der Waals surface area contributed by atoms with Crippen molar-refractivity contribution in [1.29, 1.82) is 0 Å². The fraction of sp³-hybridized carbons (Fsp3) is 1.00. The minimum atomic E-state index is -4.72. The number of nitrogens with two attached hydrogens (primary N) is 1. The fourth-order valence-electron chi connectivity index (χ4n) is 0.143. The number of primary sulfonamides is 1. The molecular weight excluding hydrogens is 166 g/mol. The number of alkyl halides is 3. The van der Waals surface area contributed by atoms with E-state index in [4.69, 9.17) is 0 Å². The molecular formula is C2H5F3LiNO2S. The van der Waals surface area contributed by atoms with Gasteiger partial charge in [0, 0.05) is 0 Å². The summed E-state index contributed by atoms with van der Waals surface area (Å²) in [6.45, 7) is 0. The molecule has 0 aliphatic carbocycles. The van der Waals surface area contributed by atoms with E-state index in [0.717, 1.165) is 0 Å². The van der Waals surface area contributed by atoms with Crippen molar-refractivity contribution in [3.63, 3.8) is 0 Å². The average molecular weight is 171 g/mol. The van der Waals surface area contributed by atoms with Crippen LogP contribution in [0.5, 0.6) is 0 Å². The summed E-state index contributed by atoms with van der Waals surface area (Å²) >= 11 is 0. The monoisotopic (exact) mass is 171 g/mol. The molecule has 0 aromatic rings. The van der Waals surface area contributed by atoms with Crippen molar-refractivity contribution in [1.82, 2.24) is 0 Å². The molecule has 0 bridgehead atoms. The van der Waals surface area contributed by atoms with Crippen molar-refractivity contribution >= 4 is 28.9 Å².